The number of amides is 1. The van der Waals surface area contributed by atoms with Crippen molar-refractivity contribution in [2.24, 2.45) is 7.05 Å². The van der Waals surface area contributed by atoms with Crippen LogP contribution in [-0.4, -0.2) is 40.0 Å². The smallest absolute Gasteiger partial charge is 0.281 e. The third-order valence-corrected chi connectivity index (χ3v) is 4.74. The Morgan fingerprint density at radius 2 is 2.07 bits per heavy atom. The van der Waals surface area contributed by atoms with Crippen molar-refractivity contribution in [3.05, 3.63) is 63.3 Å². The van der Waals surface area contributed by atoms with E-state index in [1.54, 1.807) is 13.1 Å². The van der Waals surface area contributed by atoms with Crippen molar-refractivity contribution in [1.82, 2.24) is 9.63 Å². The second kappa shape index (κ2) is 8.12. The molecule has 3 rings (SSSR count). The molecule has 0 saturated carbocycles. The fourth-order valence-corrected chi connectivity index (χ4v) is 3.17. The van der Waals surface area contributed by atoms with E-state index in [2.05, 4.69) is 5.32 Å². The molecular formula is C20H24FN3O4. The van der Waals surface area contributed by atoms with Crippen LogP contribution in [0.1, 0.15) is 41.3 Å². The molecule has 0 aliphatic carbocycles. The first-order valence-corrected chi connectivity index (χ1v) is 9.14. The van der Waals surface area contributed by atoms with E-state index in [1.807, 2.05) is 19.9 Å². The number of carbonyl (C=O) groups is 1. The second-order valence-corrected chi connectivity index (χ2v) is 7.11. The van der Waals surface area contributed by atoms with Crippen LogP contribution in [0.2, 0.25) is 0 Å². The van der Waals surface area contributed by atoms with E-state index in [4.69, 9.17) is 9.94 Å². The number of pyridine rings is 1. The Balaban J connectivity index is 1.94. The molecule has 0 saturated heterocycles. The molecule has 0 spiro atoms. The first kappa shape index (κ1) is 20.0. The minimum Gasteiger partial charge on any atom is -0.394 e. The summed E-state index contributed by atoms with van der Waals surface area (Å²) in [4.78, 5) is 30.3. The van der Waals surface area contributed by atoms with E-state index in [9.17, 15) is 14.0 Å². The second-order valence-electron chi connectivity index (χ2n) is 7.11. The fourth-order valence-electron chi connectivity index (χ4n) is 3.17. The topological polar surface area (TPSA) is 83.8 Å². The molecule has 2 heterocycles. The number of nitrogens with zero attached hydrogens (tertiary/aromatic N) is 2. The van der Waals surface area contributed by atoms with Gasteiger partial charge in [0, 0.05) is 25.7 Å². The molecule has 1 amide bonds. The molecule has 7 nitrogen and oxygen atoms in total. The largest absolute Gasteiger partial charge is 0.394 e. The zero-order valence-corrected chi connectivity index (χ0v) is 16.1. The summed E-state index contributed by atoms with van der Waals surface area (Å²) in [6.07, 6.45) is 0.996. The highest BCUT2D eigenvalue weighted by Crippen LogP contribution is 2.26. The zero-order valence-electron chi connectivity index (χ0n) is 16.1. The van der Waals surface area contributed by atoms with Crippen molar-refractivity contribution in [3.8, 4) is 0 Å². The molecule has 1 aromatic carbocycles. The number of anilines is 1. The highest BCUT2D eigenvalue weighted by atomic mass is 19.1. The van der Waals surface area contributed by atoms with Gasteiger partial charge >= 0.3 is 0 Å². The summed E-state index contributed by atoms with van der Waals surface area (Å²) < 4.78 is 15.9. The van der Waals surface area contributed by atoms with Crippen LogP contribution in [0.15, 0.2) is 35.3 Å². The van der Waals surface area contributed by atoms with Crippen molar-refractivity contribution in [1.29, 1.82) is 0 Å². The highest BCUT2D eigenvalue weighted by Gasteiger charge is 2.34. The Morgan fingerprint density at radius 3 is 2.71 bits per heavy atom. The zero-order chi connectivity index (χ0) is 20.4. The monoisotopic (exact) mass is 389 g/mol. The number of halogens is 1. The Bertz CT molecular complexity index is 942. The van der Waals surface area contributed by atoms with Crippen LogP contribution in [0.5, 0.6) is 0 Å². The standard InChI is InChI=1S/C20H24FN3O4/c1-12(2)13-4-5-17(16(21)8-13)22-18-9-14-10-19(26)23(3)11-15(14)20(27)24(18)28-7-6-25/h4-5,8,10-12,18,22,25H,6-7,9H2,1-3H3. The quantitative estimate of drug-likeness (QED) is 0.790. The van der Waals surface area contributed by atoms with Crippen LogP contribution in [0.4, 0.5) is 10.1 Å². The van der Waals surface area contributed by atoms with Gasteiger partial charge in [0.25, 0.3) is 11.5 Å². The van der Waals surface area contributed by atoms with E-state index >= 15 is 0 Å². The van der Waals surface area contributed by atoms with E-state index in [-0.39, 0.29) is 36.8 Å². The van der Waals surface area contributed by atoms with E-state index in [0.29, 0.717) is 11.1 Å². The minimum atomic E-state index is -0.724. The van der Waals surface area contributed by atoms with Crippen molar-refractivity contribution in [2.75, 3.05) is 18.5 Å². The molecule has 2 aromatic rings. The van der Waals surface area contributed by atoms with Crippen LogP contribution in [0.3, 0.4) is 0 Å². The number of rotatable bonds is 6. The van der Waals surface area contributed by atoms with Crippen LogP contribution in [0.25, 0.3) is 0 Å². The lowest BCUT2D eigenvalue weighted by molar-refractivity contribution is -0.152. The molecule has 28 heavy (non-hydrogen) atoms. The highest BCUT2D eigenvalue weighted by molar-refractivity contribution is 5.96. The molecule has 8 heteroatoms. The lowest BCUT2D eigenvalue weighted by atomic mass is 9.99. The van der Waals surface area contributed by atoms with Gasteiger partial charge in [0.15, 0.2) is 0 Å². The maximum Gasteiger partial charge on any atom is 0.281 e. The summed E-state index contributed by atoms with van der Waals surface area (Å²) in [6.45, 7) is 3.60. The Hall–Kier alpha value is -2.71. The van der Waals surface area contributed by atoms with Gasteiger partial charge in [-0.25, -0.2) is 4.39 Å². The normalized spacial score (nSPS) is 16.4. The number of carbonyl (C=O) groups excluding carboxylic acids is 1. The van der Waals surface area contributed by atoms with Gasteiger partial charge in [-0.05, 0) is 29.2 Å². The van der Waals surface area contributed by atoms with Crippen molar-refractivity contribution < 1.29 is 19.1 Å². The molecule has 1 atom stereocenters. The number of benzene rings is 1. The molecule has 1 aliphatic heterocycles. The fraction of sp³-hybridized carbons (Fsp3) is 0.400. The predicted octanol–water partition coefficient (Wildman–Crippen LogP) is 2.01. The minimum absolute atomic E-state index is 0.0835. The number of hydrogen-bond acceptors (Lipinski definition) is 5. The van der Waals surface area contributed by atoms with Gasteiger partial charge in [-0.15, -0.1) is 0 Å². The number of aliphatic hydroxyl groups excluding tert-OH is 1. The van der Waals surface area contributed by atoms with Crippen LogP contribution < -0.4 is 10.9 Å². The summed E-state index contributed by atoms with van der Waals surface area (Å²) in [6, 6.07) is 6.31. The number of fused-ring (bicyclic) bond motifs is 1. The van der Waals surface area contributed by atoms with Crippen LogP contribution in [0, 0.1) is 5.82 Å². The van der Waals surface area contributed by atoms with Gasteiger partial charge in [0.2, 0.25) is 0 Å². The maximum absolute atomic E-state index is 14.6. The number of aromatic nitrogens is 1. The number of hydroxylamine groups is 2. The summed E-state index contributed by atoms with van der Waals surface area (Å²) >= 11 is 0. The van der Waals surface area contributed by atoms with Crippen LogP contribution >= 0.6 is 0 Å². The average Bonchev–Trinajstić information content (AvgIpc) is 2.65. The first-order chi connectivity index (χ1) is 13.3. The predicted molar refractivity (Wildman–Crippen MR) is 102 cm³/mol. The Morgan fingerprint density at radius 1 is 1.32 bits per heavy atom. The van der Waals surface area contributed by atoms with Gasteiger partial charge in [-0.1, -0.05) is 19.9 Å². The lowest BCUT2D eigenvalue weighted by Gasteiger charge is -2.36. The van der Waals surface area contributed by atoms with Gasteiger partial charge in [-0.2, -0.15) is 5.06 Å². The van der Waals surface area contributed by atoms with E-state index in [1.165, 1.54) is 22.9 Å². The summed E-state index contributed by atoms with van der Waals surface area (Å²) in [5.41, 5.74) is 1.77. The summed E-state index contributed by atoms with van der Waals surface area (Å²) in [5, 5.41) is 13.2. The Kier molecular flexibility index (Phi) is 5.81. The third kappa shape index (κ3) is 3.93. The number of aliphatic hydroxyl groups is 1. The molecule has 2 N–H and O–H groups in total. The molecule has 0 fully saturated rings. The number of hydrogen-bond donors (Lipinski definition) is 2. The molecule has 0 bridgehead atoms. The summed E-state index contributed by atoms with van der Waals surface area (Å²) in [7, 11) is 1.56. The van der Waals surface area contributed by atoms with Gasteiger partial charge in [-0.3, -0.25) is 14.4 Å². The SMILES string of the molecule is CC(C)c1ccc(NC2Cc3cc(=O)n(C)cc3C(=O)N2OCCO)c(F)c1. The van der Waals surface area contributed by atoms with Crippen molar-refractivity contribution >= 4 is 11.6 Å². The maximum atomic E-state index is 14.6. The molecule has 0 radical (unpaired) electrons. The van der Waals surface area contributed by atoms with E-state index in [0.717, 1.165) is 10.6 Å². The van der Waals surface area contributed by atoms with Crippen LogP contribution in [-0.2, 0) is 18.3 Å². The molecule has 150 valence electrons. The number of nitrogens with one attached hydrogen (secondary N) is 1. The van der Waals surface area contributed by atoms with Gasteiger partial charge in [0.1, 0.15) is 12.0 Å². The van der Waals surface area contributed by atoms with E-state index < -0.39 is 17.9 Å². The average molecular weight is 389 g/mol. The van der Waals surface area contributed by atoms with Crippen molar-refractivity contribution in [2.45, 2.75) is 32.4 Å². The Labute approximate surface area is 162 Å². The molecule has 1 aromatic heterocycles. The van der Waals surface area contributed by atoms with Gasteiger partial charge < -0.3 is 15.0 Å². The van der Waals surface area contributed by atoms with Gasteiger partial charge in [0.05, 0.1) is 24.5 Å². The molecule has 1 aliphatic rings. The summed E-state index contributed by atoms with van der Waals surface area (Å²) in [5.74, 6) is -0.704. The third-order valence-electron chi connectivity index (χ3n) is 4.74. The molecule has 1 unspecified atom stereocenters. The lowest BCUT2D eigenvalue weighted by Crippen LogP contribution is -2.50. The first-order valence-electron chi connectivity index (χ1n) is 9.14. The van der Waals surface area contributed by atoms with Crippen molar-refractivity contribution in [3.63, 3.8) is 0 Å². The molecular weight excluding hydrogens is 365 g/mol. The number of aryl methyl sites for hydroxylation is 1.